The van der Waals surface area contributed by atoms with Gasteiger partial charge in [0.2, 0.25) is 0 Å². The number of thioether (sulfide) groups is 1. The fraction of sp³-hybridized carbons (Fsp3) is 0.385. The molecule has 0 radical (unpaired) electrons. The van der Waals surface area contributed by atoms with Crippen LogP contribution in [-0.2, 0) is 9.53 Å². The van der Waals surface area contributed by atoms with E-state index >= 15 is 0 Å². The van der Waals surface area contributed by atoms with Crippen LogP contribution in [0.3, 0.4) is 0 Å². The van der Waals surface area contributed by atoms with Gasteiger partial charge in [0.1, 0.15) is 11.8 Å². The number of methoxy groups -OCH3 is 1. The second-order valence-corrected chi connectivity index (χ2v) is 4.68. The third kappa shape index (κ3) is 4.79. The van der Waals surface area contributed by atoms with Gasteiger partial charge in [-0.3, -0.25) is 4.99 Å². The first-order valence-corrected chi connectivity index (χ1v) is 6.95. The van der Waals surface area contributed by atoms with Crippen molar-refractivity contribution in [1.82, 2.24) is 0 Å². The molecule has 0 spiro atoms. The van der Waals surface area contributed by atoms with Crippen LogP contribution < -0.4 is 0 Å². The highest BCUT2D eigenvalue weighted by Gasteiger charge is 2.16. The monoisotopic (exact) mass is 267 g/mol. The van der Waals surface area contributed by atoms with Gasteiger partial charge in [0.25, 0.3) is 0 Å². The maximum atomic E-state index is 11.5. The lowest BCUT2D eigenvalue weighted by atomic mass is 10.2. The molecule has 4 nitrogen and oxygen atoms in total. The normalized spacial score (nSPS) is 12.6. The highest BCUT2D eigenvalue weighted by Crippen LogP contribution is 2.10. The fourth-order valence-electron chi connectivity index (χ4n) is 1.36. The Bertz CT molecular complexity index is 403. The van der Waals surface area contributed by atoms with Gasteiger partial charge in [-0.2, -0.15) is 11.8 Å². The van der Waals surface area contributed by atoms with Crippen molar-refractivity contribution in [3.05, 3.63) is 29.8 Å². The van der Waals surface area contributed by atoms with Crippen molar-refractivity contribution in [2.24, 2.45) is 4.99 Å². The lowest BCUT2D eigenvalue weighted by Crippen LogP contribution is -2.21. The third-order valence-electron chi connectivity index (χ3n) is 2.37. The van der Waals surface area contributed by atoms with Crippen molar-refractivity contribution in [2.45, 2.75) is 12.5 Å². The number of esters is 1. The lowest BCUT2D eigenvalue weighted by Gasteiger charge is -2.08. The molecule has 18 heavy (non-hydrogen) atoms. The number of rotatable bonds is 6. The summed E-state index contributed by atoms with van der Waals surface area (Å²) < 4.78 is 4.72. The molecular formula is C13H17NO3S. The van der Waals surface area contributed by atoms with Crippen LogP contribution in [0.4, 0.5) is 0 Å². The molecule has 0 amide bonds. The minimum atomic E-state index is -0.462. The highest BCUT2D eigenvalue weighted by molar-refractivity contribution is 7.98. The second kappa shape index (κ2) is 7.76. The van der Waals surface area contributed by atoms with Gasteiger partial charge < -0.3 is 9.84 Å². The summed E-state index contributed by atoms with van der Waals surface area (Å²) in [6.07, 6.45) is 4.27. The van der Waals surface area contributed by atoms with E-state index in [1.54, 1.807) is 42.2 Å². The Morgan fingerprint density at radius 2 is 2.17 bits per heavy atom. The second-order valence-electron chi connectivity index (χ2n) is 3.69. The van der Waals surface area contributed by atoms with Crippen molar-refractivity contribution in [1.29, 1.82) is 0 Å². The van der Waals surface area contributed by atoms with Crippen molar-refractivity contribution in [2.75, 3.05) is 19.1 Å². The van der Waals surface area contributed by atoms with E-state index in [1.807, 2.05) is 6.26 Å². The van der Waals surface area contributed by atoms with Gasteiger partial charge in [0.15, 0.2) is 0 Å². The van der Waals surface area contributed by atoms with Crippen molar-refractivity contribution in [3.8, 4) is 5.75 Å². The number of phenols is 1. The Morgan fingerprint density at radius 3 is 2.72 bits per heavy atom. The van der Waals surface area contributed by atoms with E-state index in [0.717, 1.165) is 11.3 Å². The molecule has 1 rings (SSSR count). The molecule has 1 aromatic carbocycles. The highest BCUT2D eigenvalue weighted by atomic mass is 32.2. The average molecular weight is 267 g/mol. The van der Waals surface area contributed by atoms with Crippen LogP contribution in [0.25, 0.3) is 0 Å². The Balaban J connectivity index is 2.69. The standard InChI is InChI=1S/C13H17NO3S/c1-17-13(16)12(7-8-18-2)14-9-10-3-5-11(15)6-4-10/h3-6,9,12,15H,7-8H2,1-2H3/t12-/m0/s1. The van der Waals surface area contributed by atoms with Crippen LogP contribution in [0.15, 0.2) is 29.3 Å². The van der Waals surface area contributed by atoms with E-state index in [1.165, 1.54) is 7.11 Å². The number of nitrogens with zero attached hydrogens (tertiary/aromatic N) is 1. The number of phenolic OH excluding ortho intramolecular Hbond substituents is 1. The maximum Gasteiger partial charge on any atom is 0.330 e. The van der Waals surface area contributed by atoms with E-state index in [-0.39, 0.29) is 11.7 Å². The van der Waals surface area contributed by atoms with Crippen LogP contribution in [-0.4, -0.2) is 42.5 Å². The van der Waals surface area contributed by atoms with Crippen LogP contribution in [0.2, 0.25) is 0 Å². The summed E-state index contributed by atoms with van der Waals surface area (Å²) in [6, 6.07) is 6.17. The zero-order valence-electron chi connectivity index (χ0n) is 10.5. The first-order chi connectivity index (χ1) is 8.67. The van der Waals surface area contributed by atoms with Crippen molar-refractivity contribution in [3.63, 3.8) is 0 Å². The predicted molar refractivity (Wildman–Crippen MR) is 74.5 cm³/mol. The van der Waals surface area contributed by atoms with Gasteiger partial charge in [0.05, 0.1) is 7.11 Å². The molecule has 0 fully saturated rings. The van der Waals surface area contributed by atoms with Gasteiger partial charge in [-0.15, -0.1) is 0 Å². The van der Waals surface area contributed by atoms with Crippen LogP contribution in [0, 0.1) is 0 Å². The summed E-state index contributed by atoms with van der Waals surface area (Å²) in [5, 5.41) is 9.16. The molecule has 1 N–H and O–H groups in total. The Labute approximate surface area is 111 Å². The number of hydrogen-bond donors (Lipinski definition) is 1. The van der Waals surface area contributed by atoms with E-state index < -0.39 is 6.04 Å². The molecule has 0 saturated heterocycles. The number of carbonyl (C=O) groups excluding carboxylic acids is 1. The molecule has 0 aliphatic carbocycles. The number of aromatic hydroxyl groups is 1. The Morgan fingerprint density at radius 1 is 1.50 bits per heavy atom. The van der Waals surface area contributed by atoms with Crippen LogP contribution in [0.1, 0.15) is 12.0 Å². The molecule has 0 aromatic heterocycles. The molecule has 1 aromatic rings. The van der Waals surface area contributed by atoms with Crippen molar-refractivity contribution >= 4 is 23.9 Å². The quantitative estimate of drug-likeness (QED) is 0.633. The molecule has 98 valence electrons. The summed E-state index contributed by atoms with van der Waals surface area (Å²) in [4.78, 5) is 15.7. The predicted octanol–water partition coefficient (Wildman–Crippen LogP) is 2.11. The van der Waals surface area contributed by atoms with Gasteiger partial charge in [0, 0.05) is 6.21 Å². The average Bonchev–Trinajstić information content (AvgIpc) is 2.40. The van der Waals surface area contributed by atoms with Gasteiger partial charge in [-0.25, -0.2) is 4.79 Å². The molecule has 0 bridgehead atoms. The van der Waals surface area contributed by atoms with E-state index in [4.69, 9.17) is 9.84 Å². The largest absolute Gasteiger partial charge is 0.508 e. The number of ether oxygens (including phenoxy) is 1. The minimum Gasteiger partial charge on any atom is -0.508 e. The van der Waals surface area contributed by atoms with Crippen molar-refractivity contribution < 1.29 is 14.6 Å². The topological polar surface area (TPSA) is 58.9 Å². The first-order valence-electron chi connectivity index (χ1n) is 5.56. The van der Waals surface area contributed by atoms with E-state index in [9.17, 15) is 4.79 Å². The molecule has 5 heteroatoms. The van der Waals surface area contributed by atoms with Crippen LogP contribution >= 0.6 is 11.8 Å². The summed E-state index contributed by atoms with van der Waals surface area (Å²) in [7, 11) is 1.37. The Hall–Kier alpha value is -1.49. The number of carbonyl (C=O) groups is 1. The number of aliphatic imine (C=N–C) groups is 1. The molecule has 0 aliphatic rings. The molecule has 0 heterocycles. The van der Waals surface area contributed by atoms with E-state index in [0.29, 0.717) is 6.42 Å². The van der Waals surface area contributed by atoms with Gasteiger partial charge >= 0.3 is 5.97 Å². The minimum absolute atomic E-state index is 0.207. The zero-order chi connectivity index (χ0) is 13.4. The fourth-order valence-corrected chi connectivity index (χ4v) is 1.81. The molecule has 0 unspecified atom stereocenters. The maximum absolute atomic E-state index is 11.5. The summed E-state index contributed by atoms with van der Waals surface area (Å²) in [5.74, 6) is 0.741. The SMILES string of the molecule is COC(=O)[C@H](CCSC)N=Cc1ccc(O)cc1. The molecule has 0 saturated carbocycles. The smallest absolute Gasteiger partial charge is 0.330 e. The lowest BCUT2D eigenvalue weighted by molar-refractivity contribution is -0.142. The zero-order valence-corrected chi connectivity index (χ0v) is 11.3. The first kappa shape index (κ1) is 14.6. The third-order valence-corrected chi connectivity index (χ3v) is 3.01. The Kier molecular flexibility index (Phi) is 6.28. The summed E-state index contributed by atoms with van der Waals surface area (Å²) in [5.41, 5.74) is 0.839. The molecular weight excluding hydrogens is 250 g/mol. The number of benzene rings is 1. The van der Waals surface area contributed by atoms with Gasteiger partial charge in [-0.05, 0) is 48.3 Å². The molecule has 0 aliphatic heterocycles. The van der Waals surface area contributed by atoms with E-state index in [2.05, 4.69) is 4.99 Å². The molecule has 1 atom stereocenters. The number of hydrogen-bond acceptors (Lipinski definition) is 5. The van der Waals surface area contributed by atoms with Crippen LogP contribution in [0.5, 0.6) is 5.75 Å². The summed E-state index contributed by atoms with van der Waals surface area (Å²) >= 11 is 1.67. The van der Waals surface area contributed by atoms with Gasteiger partial charge in [-0.1, -0.05) is 0 Å². The summed E-state index contributed by atoms with van der Waals surface area (Å²) in [6.45, 7) is 0.